The molecule has 0 aromatic carbocycles. The van der Waals surface area contributed by atoms with Crippen molar-refractivity contribution in [3.63, 3.8) is 0 Å². The molecule has 1 rings (SSSR count). The van der Waals surface area contributed by atoms with E-state index in [1.807, 2.05) is 0 Å². The molecular weight excluding hydrogens is 164 g/mol. The van der Waals surface area contributed by atoms with Crippen LogP contribution in [0.2, 0.25) is 0 Å². The van der Waals surface area contributed by atoms with Crippen molar-refractivity contribution in [1.82, 2.24) is 0 Å². The quantitative estimate of drug-likeness (QED) is 0.379. The fraction of sp³-hybridized carbons (Fsp3) is 0.545. The van der Waals surface area contributed by atoms with Crippen molar-refractivity contribution in [2.75, 3.05) is 6.61 Å². The Labute approximate surface area is 79.3 Å². The van der Waals surface area contributed by atoms with Crippen LogP contribution >= 0.6 is 0 Å². The number of esters is 1. The van der Waals surface area contributed by atoms with Gasteiger partial charge < -0.3 is 4.74 Å². The molecule has 0 aliphatic heterocycles. The summed E-state index contributed by atoms with van der Waals surface area (Å²) in [5.74, 6) is 0.135. The van der Waals surface area contributed by atoms with Gasteiger partial charge in [0.15, 0.2) is 0 Å². The number of carbonyl (C=O) groups excluding carboxylic acids is 1. The molecule has 1 unspecified atom stereocenters. The Bertz CT molecular complexity index is 228. The summed E-state index contributed by atoms with van der Waals surface area (Å²) < 4.78 is 5.05. The maximum atomic E-state index is 11.0. The zero-order valence-corrected chi connectivity index (χ0v) is 8.08. The van der Waals surface area contributed by atoms with Gasteiger partial charge in [-0.2, -0.15) is 0 Å². The highest BCUT2D eigenvalue weighted by molar-refractivity contribution is 5.86. The topological polar surface area (TPSA) is 26.3 Å². The first-order chi connectivity index (χ1) is 6.20. The maximum absolute atomic E-state index is 11.0. The lowest BCUT2D eigenvalue weighted by molar-refractivity contribution is -0.139. The molecule has 13 heavy (non-hydrogen) atoms. The number of rotatable bonds is 3. The molecule has 0 amide bonds. The lowest BCUT2D eigenvalue weighted by Gasteiger charge is -2.15. The number of allylic oxidation sites excluding steroid dienone is 1. The van der Waals surface area contributed by atoms with Gasteiger partial charge in [0.25, 0.3) is 0 Å². The monoisotopic (exact) mass is 180 g/mol. The van der Waals surface area contributed by atoms with Crippen LogP contribution in [0.5, 0.6) is 0 Å². The predicted octanol–water partition coefficient (Wildman–Crippen LogP) is 2.46. The molecule has 0 saturated heterocycles. The Morgan fingerprint density at radius 3 is 3.00 bits per heavy atom. The van der Waals surface area contributed by atoms with Crippen LogP contribution in [0.15, 0.2) is 24.3 Å². The van der Waals surface area contributed by atoms with Crippen LogP contribution in [0.1, 0.15) is 26.2 Å². The van der Waals surface area contributed by atoms with Crippen LogP contribution in [0.25, 0.3) is 0 Å². The lowest BCUT2D eigenvalue weighted by Crippen LogP contribution is -2.14. The second kappa shape index (κ2) is 4.85. The summed E-state index contributed by atoms with van der Waals surface area (Å²) in [5, 5.41) is 0. The molecule has 0 N–H and O–H groups in total. The van der Waals surface area contributed by atoms with E-state index in [0.717, 1.165) is 12.8 Å². The lowest BCUT2D eigenvalue weighted by atomic mass is 9.97. The largest absolute Gasteiger partial charge is 0.462 e. The van der Waals surface area contributed by atoms with Gasteiger partial charge >= 0.3 is 5.97 Å². The Kier molecular flexibility index (Phi) is 3.74. The fourth-order valence-corrected chi connectivity index (χ4v) is 1.33. The van der Waals surface area contributed by atoms with E-state index in [-0.39, 0.29) is 5.97 Å². The van der Waals surface area contributed by atoms with Crippen LogP contribution in [-0.2, 0) is 9.53 Å². The van der Waals surface area contributed by atoms with Crippen LogP contribution in [0.4, 0.5) is 0 Å². The summed E-state index contributed by atoms with van der Waals surface area (Å²) in [5.41, 5.74) is 0.472. The van der Waals surface area contributed by atoms with Crippen LogP contribution < -0.4 is 0 Å². The van der Waals surface area contributed by atoms with Crippen LogP contribution in [0, 0.1) is 5.92 Å². The number of carbonyl (C=O) groups is 1. The van der Waals surface area contributed by atoms with Gasteiger partial charge in [0.05, 0.1) is 6.61 Å². The van der Waals surface area contributed by atoms with Crippen molar-refractivity contribution in [2.45, 2.75) is 26.2 Å². The molecular formula is C11H16O2. The van der Waals surface area contributed by atoms with E-state index in [1.54, 1.807) is 6.92 Å². The van der Waals surface area contributed by atoms with Gasteiger partial charge in [-0.25, -0.2) is 4.79 Å². The first kappa shape index (κ1) is 10.0. The molecule has 1 aliphatic carbocycles. The number of hydrogen-bond acceptors (Lipinski definition) is 2. The summed E-state index contributed by atoms with van der Waals surface area (Å²) in [6.45, 7) is 5.69. The third kappa shape index (κ3) is 3.45. The van der Waals surface area contributed by atoms with Gasteiger partial charge in [0.2, 0.25) is 0 Å². The Morgan fingerprint density at radius 1 is 1.69 bits per heavy atom. The predicted molar refractivity (Wildman–Crippen MR) is 52.3 cm³/mol. The minimum Gasteiger partial charge on any atom is -0.462 e. The maximum Gasteiger partial charge on any atom is 0.333 e. The highest BCUT2D eigenvalue weighted by atomic mass is 16.5. The van der Waals surface area contributed by atoms with Gasteiger partial charge in [-0.1, -0.05) is 18.7 Å². The number of ether oxygens (including phenoxy) is 1. The average molecular weight is 180 g/mol. The van der Waals surface area contributed by atoms with Crippen molar-refractivity contribution in [3.8, 4) is 0 Å². The molecule has 0 spiro atoms. The summed E-state index contributed by atoms with van der Waals surface area (Å²) in [6, 6.07) is 0. The molecule has 0 aromatic rings. The molecule has 1 aliphatic rings. The molecule has 0 radical (unpaired) electrons. The normalized spacial score (nSPS) is 21.2. The molecule has 1 atom stereocenters. The molecule has 0 fully saturated rings. The van der Waals surface area contributed by atoms with E-state index in [1.165, 1.54) is 6.42 Å². The summed E-state index contributed by atoms with van der Waals surface area (Å²) in [7, 11) is 0. The highest BCUT2D eigenvalue weighted by Gasteiger charge is 2.11. The van der Waals surface area contributed by atoms with Gasteiger partial charge in [-0.05, 0) is 26.2 Å². The minimum atomic E-state index is -0.279. The molecule has 2 nitrogen and oxygen atoms in total. The van der Waals surface area contributed by atoms with Crippen molar-refractivity contribution >= 4 is 5.97 Å². The first-order valence-corrected chi connectivity index (χ1v) is 4.69. The van der Waals surface area contributed by atoms with E-state index in [4.69, 9.17) is 4.74 Å². The van der Waals surface area contributed by atoms with Crippen molar-refractivity contribution in [2.24, 2.45) is 5.92 Å². The third-order valence-corrected chi connectivity index (χ3v) is 2.13. The highest BCUT2D eigenvalue weighted by Crippen LogP contribution is 2.17. The van der Waals surface area contributed by atoms with Gasteiger partial charge in [0.1, 0.15) is 0 Å². The number of hydrogen-bond donors (Lipinski definition) is 0. The fourth-order valence-electron chi connectivity index (χ4n) is 1.33. The third-order valence-electron chi connectivity index (χ3n) is 2.13. The van der Waals surface area contributed by atoms with Crippen LogP contribution in [0.3, 0.4) is 0 Å². The molecule has 0 heterocycles. The smallest absolute Gasteiger partial charge is 0.333 e. The molecule has 0 bridgehead atoms. The standard InChI is InChI=1S/C11H16O2/c1-9(2)11(12)13-8-10-6-4-3-5-7-10/h4,6,10H,1,3,5,7-8H2,2H3. The Hall–Kier alpha value is -1.05. The minimum absolute atomic E-state index is 0.279. The SMILES string of the molecule is C=C(C)C(=O)OCC1C=CCCC1. The van der Waals surface area contributed by atoms with E-state index >= 15 is 0 Å². The van der Waals surface area contributed by atoms with Gasteiger partial charge in [-0.15, -0.1) is 0 Å². The summed E-state index contributed by atoms with van der Waals surface area (Å²) in [6.07, 6.45) is 7.77. The molecule has 2 heteroatoms. The van der Waals surface area contributed by atoms with E-state index in [0.29, 0.717) is 18.1 Å². The van der Waals surface area contributed by atoms with E-state index in [2.05, 4.69) is 18.7 Å². The van der Waals surface area contributed by atoms with Crippen molar-refractivity contribution in [3.05, 3.63) is 24.3 Å². The second-order valence-corrected chi connectivity index (χ2v) is 3.50. The van der Waals surface area contributed by atoms with Crippen molar-refractivity contribution in [1.29, 1.82) is 0 Å². The second-order valence-electron chi connectivity index (χ2n) is 3.50. The van der Waals surface area contributed by atoms with E-state index < -0.39 is 0 Å². The average Bonchev–Trinajstić information content (AvgIpc) is 2.15. The molecule has 0 aromatic heterocycles. The van der Waals surface area contributed by atoms with E-state index in [9.17, 15) is 4.79 Å². The first-order valence-electron chi connectivity index (χ1n) is 4.69. The van der Waals surface area contributed by atoms with Crippen molar-refractivity contribution < 1.29 is 9.53 Å². The zero-order chi connectivity index (χ0) is 9.68. The Morgan fingerprint density at radius 2 is 2.46 bits per heavy atom. The molecule has 0 saturated carbocycles. The van der Waals surface area contributed by atoms with Gasteiger partial charge in [-0.3, -0.25) is 0 Å². The summed E-state index contributed by atoms with van der Waals surface area (Å²) in [4.78, 5) is 11.0. The Balaban J connectivity index is 2.25. The summed E-state index contributed by atoms with van der Waals surface area (Å²) >= 11 is 0. The molecule has 72 valence electrons. The van der Waals surface area contributed by atoms with Gasteiger partial charge in [0, 0.05) is 11.5 Å². The van der Waals surface area contributed by atoms with Crippen LogP contribution in [-0.4, -0.2) is 12.6 Å². The zero-order valence-electron chi connectivity index (χ0n) is 8.08.